The van der Waals surface area contributed by atoms with Crippen molar-refractivity contribution in [3.63, 3.8) is 0 Å². The Morgan fingerprint density at radius 2 is 2.25 bits per heavy atom. The zero-order chi connectivity index (χ0) is 3.41. The summed E-state index contributed by atoms with van der Waals surface area (Å²) in [4.78, 5) is 10.6. The Labute approximate surface area is 23.0 Å². The van der Waals surface area contributed by atoms with E-state index < -0.39 is 0 Å². The summed E-state index contributed by atoms with van der Waals surface area (Å²) in [6, 6.07) is 0. The van der Waals surface area contributed by atoms with Crippen molar-refractivity contribution in [2.24, 2.45) is 5.29 Å². The molecule has 0 aromatic rings. The smallest absolute Gasteiger partial charge is 0.177 e. The molecule has 3 heteroatoms. The topological polar surface area (TPSA) is 33.8 Å². The van der Waals surface area contributed by atoms with Gasteiger partial charge in [-0.05, 0) is 0 Å². The van der Waals surface area contributed by atoms with Gasteiger partial charge in [-0.2, -0.15) is 6.57 Å². The van der Waals surface area contributed by atoms with Gasteiger partial charge in [0.25, 0.3) is 0 Å². The van der Waals surface area contributed by atoms with Crippen molar-refractivity contribution in [2.45, 2.75) is 0 Å². The number of nitroso groups, excluding NO2 is 1. The second kappa shape index (κ2) is 2.09. The van der Waals surface area contributed by atoms with Crippen LogP contribution in [0.1, 0.15) is 0 Å². The van der Waals surface area contributed by atoms with E-state index in [-0.39, 0.29) is 0 Å². The third-order valence-electron chi connectivity index (χ3n) is 0.0408. The van der Waals surface area contributed by atoms with E-state index in [1.165, 1.54) is 0 Å². The molecule has 0 N–H and O–H groups in total. The summed E-state index contributed by atoms with van der Waals surface area (Å²) in [6.07, 6.45) is 0. The molecule has 0 aliphatic carbocycles. The van der Waals surface area contributed by atoms with Crippen LogP contribution in [0, 0.1) is 11.5 Å². The molecule has 0 aromatic carbocycles. The first kappa shape index (κ1) is 3.09. The minimum absolute atomic E-state index is 1.78. The van der Waals surface area contributed by atoms with Crippen LogP contribution in [0.3, 0.4) is 0 Å². The van der Waals surface area contributed by atoms with Crippen molar-refractivity contribution in [1.29, 1.82) is 0 Å². The third kappa shape index (κ3) is 1.09. The van der Waals surface area contributed by atoms with E-state index in [0.717, 1.165) is 0 Å². The van der Waals surface area contributed by atoms with Gasteiger partial charge in [0.1, 0.15) is 0 Å². The van der Waals surface area contributed by atoms with Crippen molar-refractivity contribution in [1.82, 2.24) is 0 Å². The summed E-state index contributed by atoms with van der Waals surface area (Å²) in [6.45, 7) is 5.60. The number of hydrogen-bond donors (Lipinski definition) is 0. The van der Waals surface area contributed by atoms with Gasteiger partial charge < -0.3 is 0 Å². The lowest BCUT2D eigenvalue weighted by Crippen LogP contribution is -1.13. The van der Waals surface area contributed by atoms with Gasteiger partial charge in [-0.25, -0.2) is 0 Å². The van der Waals surface area contributed by atoms with Gasteiger partial charge in [0, 0.05) is 0 Å². The van der Waals surface area contributed by atoms with Crippen LogP contribution < -0.4 is 0 Å². The molecule has 0 spiro atoms. The van der Waals surface area contributed by atoms with Crippen LogP contribution >= 0.6 is 0 Å². The van der Waals surface area contributed by atoms with E-state index >= 15 is 0 Å². The number of nitrogens with zero attached hydrogens (tertiary/aromatic N) is 2. The highest BCUT2D eigenvalue weighted by atomic mass is 16.3. The van der Waals surface area contributed by atoms with Crippen molar-refractivity contribution < 1.29 is 0 Å². The molecule has 0 unspecified atom stereocenters. The molecule has 0 rings (SSSR count). The molecule has 0 aliphatic rings. The van der Waals surface area contributed by atoms with E-state index in [0.29, 0.717) is 0 Å². The predicted octanol–water partition coefficient (Wildman–Crippen LogP) is 0.587. The summed E-state index contributed by atoms with van der Waals surface area (Å²) in [5, 5.41) is 1.78. The molecule has 20 valence electrons. The fourth-order valence-corrected chi connectivity index (χ4v) is 0. The van der Waals surface area contributed by atoms with E-state index in [1.54, 1.807) is 5.29 Å². The molecular weight excluding hydrogens is 56.0 g/mol. The van der Waals surface area contributed by atoms with Crippen LogP contribution in [0.15, 0.2) is 5.29 Å². The summed E-state index contributed by atoms with van der Waals surface area (Å²) in [7, 11) is 0. The Bertz CT molecular complexity index is 51.5. The molecule has 0 heterocycles. The van der Waals surface area contributed by atoms with E-state index in [9.17, 15) is 0 Å². The van der Waals surface area contributed by atoms with Crippen molar-refractivity contribution in [2.75, 3.05) is 0 Å². The quantitative estimate of drug-likeness (QED) is 0.227. The highest BCUT2D eigenvalue weighted by molar-refractivity contribution is 4.36. The van der Waals surface area contributed by atoms with Crippen LogP contribution in [0.2, 0.25) is 0 Å². The minimum Gasteiger partial charge on any atom is -0.177 e. The van der Waals surface area contributed by atoms with Crippen molar-refractivity contribution in [3.8, 4) is 0 Å². The Hall–Kier alpha value is -0.910. The van der Waals surface area contributed by atoms with Crippen LogP contribution in [-0.2, 0) is 0 Å². The first-order valence-electron chi connectivity index (χ1n) is 0.606. The van der Waals surface area contributed by atoms with Crippen LogP contribution in [0.25, 0.3) is 4.95 Å². The molecule has 0 saturated carbocycles. The zero-order valence-electron chi connectivity index (χ0n) is 1.80. The second-order valence-electron chi connectivity index (χ2n) is 0.182. The Morgan fingerprint density at radius 1 is 2.00 bits per heavy atom. The highest BCUT2D eigenvalue weighted by Crippen LogP contribution is 1.52. The molecule has 0 bridgehead atoms. The van der Waals surface area contributed by atoms with Crippen molar-refractivity contribution >= 4 is 0 Å². The number of hydrogen-bond acceptors (Lipinski definition) is 2. The van der Waals surface area contributed by atoms with Crippen molar-refractivity contribution in [3.05, 3.63) is 16.4 Å². The van der Waals surface area contributed by atoms with Gasteiger partial charge in [-0.1, -0.05) is 9.86 Å². The fourth-order valence-electron chi connectivity index (χ4n) is 0. The monoisotopic (exact) mass is 56.0 g/mol. The standard InChI is InChI=1S/CN2O/c1-2-3-4. The SMILES string of the molecule is [C-]#[N+]N=O. The second-order valence-corrected chi connectivity index (χ2v) is 0.182. The fraction of sp³-hybridized carbons (Fsp3) is 0. The molecular formula is CN2O. The summed E-state index contributed by atoms with van der Waals surface area (Å²) < 4.78 is 0. The van der Waals surface area contributed by atoms with Crippen LogP contribution in [0.4, 0.5) is 0 Å². The average Bonchev–Trinajstić information content (AvgIpc) is 1.37. The lowest BCUT2D eigenvalue weighted by atomic mass is 11.8. The molecule has 0 aliphatic heterocycles. The maximum Gasteiger partial charge on any atom is 0.335 e. The highest BCUT2D eigenvalue weighted by Gasteiger charge is 1.43. The number of rotatable bonds is 0. The first-order valence-corrected chi connectivity index (χ1v) is 0.606. The summed E-state index contributed by atoms with van der Waals surface area (Å²) in [5.41, 5.74) is 0. The van der Waals surface area contributed by atoms with Gasteiger partial charge >= 0.3 is 5.29 Å². The molecule has 0 aromatic heterocycles. The lowest BCUT2D eigenvalue weighted by Gasteiger charge is -1.25. The summed E-state index contributed by atoms with van der Waals surface area (Å²) in [5.74, 6) is 0. The Morgan fingerprint density at radius 3 is 2.25 bits per heavy atom. The minimum atomic E-state index is 1.78. The average molecular weight is 56.0 g/mol. The Kier molecular flexibility index (Phi) is 1.61. The third-order valence-corrected chi connectivity index (χ3v) is 0.0408. The largest absolute Gasteiger partial charge is 0.335 e. The van der Waals surface area contributed by atoms with Gasteiger partial charge in [-0.15, -0.1) is 0 Å². The molecule has 0 saturated heterocycles. The maximum atomic E-state index is 8.57. The lowest BCUT2D eigenvalue weighted by molar-refractivity contribution is 1.54. The normalized spacial score (nSPS) is 3.75. The van der Waals surface area contributed by atoms with Gasteiger partial charge in [0.05, 0.1) is 0 Å². The molecule has 0 radical (unpaired) electrons. The van der Waals surface area contributed by atoms with Gasteiger partial charge in [-0.3, -0.25) is 0 Å². The maximum absolute atomic E-state index is 8.57. The molecule has 0 amide bonds. The first-order chi connectivity index (χ1) is 1.91. The molecule has 0 fully saturated rings. The van der Waals surface area contributed by atoms with E-state index in [1.807, 2.05) is 0 Å². The zero-order valence-corrected chi connectivity index (χ0v) is 1.80. The van der Waals surface area contributed by atoms with Crippen LogP contribution in [0.5, 0.6) is 0 Å². The summed E-state index contributed by atoms with van der Waals surface area (Å²) >= 11 is 0. The van der Waals surface area contributed by atoms with E-state index in [4.69, 9.17) is 11.5 Å². The predicted molar refractivity (Wildman–Crippen MR) is 12.4 cm³/mol. The van der Waals surface area contributed by atoms with Crippen LogP contribution in [-0.4, -0.2) is 0 Å². The molecule has 4 heavy (non-hydrogen) atoms. The molecule has 3 nitrogen and oxygen atoms in total. The van der Waals surface area contributed by atoms with E-state index in [2.05, 4.69) is 4.95 Å². The Balaban J connectivity index is 2.92. The van der Waals surface area contributed by atoms with Gasteiger partial charge in [0.15, 0.2) is 0 Å². The molecule has 0 atom stereocenters. The van der Waals surface area contributed by atoms with Gasteiger partial charge in [0.2, 0.25) is 0 Å².